The van der Waals surface area contributed by atoms with Crippen molar-refractivity contribution in [2.24, 2.45) is 5.92 Å². The van der Waals surface area contributed by atoms with Crippen molar-refractivity contribution >= 4 is 23.2 Å². The van der Waals surface area contributed by atoms with E-state index >= 15 is 0 Å². The minimum absolute atomic E-state index is 0.294. The molecule has 1 N–H and O–H groups in total. The van der Waals surface area contributed by atoms with Crippen molar-refractivity contribution in [2.75, 3.05) is 6.54 Å². The number of benzene rings is 1. The van der Waals surface area contributed by atoms with Crippen LogP contribution in [0.1, 0.15) is 51.6 Å². The summed E-state index contributed by atoms with van der Waals surface area (Å²) in [5.41, 5.74) is 1.12. The molecule has 3 heteroatoms. The van der Waals surface area contributed by atoms with Crippen molar-refractivity contribution in [3.63, 3.8) is 0 Å². The third-order valence-electron chi connectivity index (χ3n) is 3.23. The first-order valence-electron chi connectivity index (χ1n) is 6.77. The lowest BCUT2D eigenvalue weighted by Crippen LogP contribution is -2.23. The van der Waals surface area contributed by atoms with Gasteiger partial charge in [0.1, 0.15) is 0 Å². The normalized spacial score (nSPS) is 14.5. The Kier molecular flexibility index (Phi) is 7.06. The Bertz CT molecular complexity index is 366. The van der Waals surface area contributed by atoms with E-state index < -0.39 is 0 Å². The van der Waals surface area contributed by atoms with Crippen LogP contribution in [0.15, 0.2) is 18.2 Å². The van der Waals surface area contributed by atoms with Crippen LogP contribution in [-0.2, 0) is 0 Å². The van der Waals surface area contributed by atoms with Gasteiger partial charge in [-0.25, -0.2) is 0 Å². The molecule has 0 heterocycles. The predicted molar refractivity (Wildman–Crippen MR) is 81.6 cm³/mol. The van der Waals surface area contributed by atoms with Gasteiger partial charge in [-0.3, -0.25) is 0 Å². The summed E-state index contributed by atoms with van der Waals surface area (Å²) in [6.45, 7) is 7.58. The number of hydrogen-bond acceptors (Lipinski definition) is 1. The van der Waals surface area contributed by atoms with Gasteiger partial charge < -0.3 is 5.32 Å². The van der Waals surface area contributed by atoms with E-state index in [4.69, 9.17) is 23.2 Å². The third kappa shape index (κ3) is 4.46. The number of halogens is 2. The second-order valence-corrected chi connectivity index (χ2v) is 5.67. The maximum Gasteiger partial charge on any atom is 0.0640 e. The molecule has 0 saturated heterocycles. The minimum Gasteiger partial charge on any atom is -0.310 e. The highest BCUT2D eigenvalue weighted by molar-refractivity contribution is 6.42. The molecule has 2 atom stereocenters. The number of rotatable bonds is 7. The van der Waals surface area contributed by atoms with Gasteiger partial charge in [0.25, 0.3) is 0 Å². The van der Waals surface area contributed by atoms with Crippen molar-refractivity contribution in [1.82, 2.24) is 5.32 Å². The fourth-order valence-corrected chi connectivity index (χ4v) is 2.81. The topological polar surface area (TPSA) is 12.0 Å². The van der Waals surface area contributed by atoms with Gasteiger partial charge in [0.05, 0.1) is 10.0 Å². The fraction of sp³-hybridized carbons (Fsp3) is 0.600. The van der Waals surface area contributed by atoms with Gasteiger partial charge in [-0.15, -0.1) is 0 Å². The van der Waals surface area contributed by atoms with Gasteiger partial charge in [-0.1, -0.05) is 68.9 Å². The maximum atomic E-state index is 6.31. The molecular weight excluding hydrogens is 265 g/mol. The molecule has 0 radical (unpaired) electrons. The second kappa shape index (κ2) is 8.04. The van der Waals surface area contributed by atoms with Crippen LogP contribution < -0.4 is 5.32 Å². The van der Waals surface area contributed by atoms with Crippen LogP contribution >= 0.6 is 23.2 Å². The highest BCUT2D eigenvalue weighted by Crippen LogP contribution is 2.33. The van der Waals surface area contributed by atoms with E-state index in [0.29, 0.717) is 22.0 Å². The molecule has 0 aliphatic carbocycles. The van der Waals surface area contributed by atoms with Gasteiger partial charge in [0.2, 0.25) is 0 Å². The summed E-state index contributed by atoms with van der Waals surface area (Å²) < 4.78 is 0. The Labute approximate surface area is 121 Å². The second-order valence-electron chi connectivity index (χ2n) is 4.88. The highest BCUT2D eigenvalue weighted by Gasteiger charge is 2.17. The Morgan fingerprint density at radius 1 is 1.22 bits per heavy atom. The molecule has 0 spiro atoms. The SMILES string of the molecule is CCCC(C)CC(NCC)c1cccc(Cl)c1Cl. The Morgan fingerprint density at radius 3 is 2.56 bits per heavy atom. The van der Waals surface area contributed by atoms with Gasteiger partial charge in [-0.2, -0.15) is 0 Å². The predicted octanol–water partition coefficient (Wildman–Crippen LogP) is 5.47. The highest BCUT2D eigenvalue weighted by atomic mass is 35.5. The van der Waals surface area contributed by atoms with E-state index in [2.05, 4.69) is 32.2 Å². The van der Waals surface area contributed by atoms with Gasteiger partial charge in [-0.05, 0) is 30.5 Å². The summed E-state index contributed by atoms with van der Waals surface area (Å²) >= 11 is 12.4. The zero-order valence-corrected chi connectivity index (χ0v) is 13.0. The van der Waals surface area contributed by atoms with E-state index in [1.165, 1.54) is 12.8 Å². The zero-order valence-electron chi connectivity index (χ0n) is 11.5. The van der Waals surface area contributed by atoms with Crippen LogP contribution in [0.5, 0.6) is 0 Å². The lowest BCUT2D eigenvalue weighted by molar-refractivity contribution is 0.395. The van der Waals surface area contributed by atoms with E-state index in [-0.39, 0.29) is 0 Å². The maximum absolute atomic E-state index is 6.31. The molecule has 0 aliphatic rings. The standard InChI is InChI=1S/C15H23Cl2N/c1-4-7-11(3)10-14(18-5-2)12-8-6-9-13(16)15(12)17/h6,8-9,11,14,18H,4-5,7,10H2,1-3H3. The van der Waals surface area contributed by atoms with Crippen LogP contribution in [-0.4, -0.2) is 6.54 Å². The third-order valence-corrected chi connectivity index (χ3v) is 4.06. The molecule has 0 amide bonds. The number of hydrogen-bond donors (Lipinski definition) is 1. The molecule has 0 bridgehead atoms. The van der Waals surface area contributed by atoms with Crippen LogP contribution in [0.2, 0.25) is 10.0 Å². The average molecular weight is 288 g/mol. The van der Waals surface area contributed by atoms with Crippen molar-refractivity contribution < 1.29 is 0 Å². The molecule has 18 heavy (non-hydrogen) atoms. The molecule has 1 aromatic rings. The summed E-state index contributed by atoms with van der Waals surface area (Å²) in [6.07, 6.45) is 3.57. The zero-order chi connectivity index (χ0) is 13.5. The van der Waals surface area contributed by atoms with E-state index in [0.717, 1.165) is 18.5 Å². The Morgan fingerprint density at radius 2 is 1.94 bits per heavy atom. The van der Waals surface area contributed by atoms with Crippen LogP contribution in [0.4, 0.5) is 0 Å². The lowest BCUT2D eigenvalue weighted by atomic mass is 9.93. The summed E-state index contributed by atoms with van der Waals surface area (Å²) in [5, 5.41) is 4.84. The molecule has 2 unspecified atom stereocenters. The van der Waals surface area contributed by atoms with E-state index in [9.17, 15) is 0 Å². The number of nitrogens with one attached hydrogen (secondary N) is 1. The lowest BCUT2D eigenvalue weighted by Gasteiger charge is -2.23. The van der Waals surface area contributed by atoms with E-state index in [1.54, 1.807) is 0 Å². The molecular formula is C15H23Cl2N. The molecule has 0 fully saturated rings. The summed E-state index contributed by atoms with van der Waals surface area (Å²) in [6, 6.07) is 6.17. The first-order chi connectivity index (χ1) is 8.60. The van der Waals surface area contributed by atoms with Crippen LogP contribution in [0, 0.1) is 5.92 Å². The van der Waals surface area contributed by atoms with Gasteiger partial charge >= 0.3 is 0 Å². The average Bonchev–Trinajstić information content (AvgIpc) is 2.32. The Hall–Kier alpha value is -0.240. The molecule has 0 aliphatic heterocycles. The summed E-state index contributed by atoms with van der Waals surface area (Å²) in [7, 11) is 0. The summed E-state index contributed by atoms with van der Waals surface area (Å²) in [4.78, 5) is 0. The largest absolute Gasteiger partial charge is 0.310 e. The van der Waals surface area contributed by atoms with Crippen LogP contribution in [0.25, 0.3) is 0 Å². The van der Waals surface area contributed by atoms with Crippen molar-refractivity contribution in [3.8, 4) is 0 Å². The molecule has 102 valence electrons. The van der Waals surface area contributed by atoms with Gasteiger partial charge in [0.15, 0.2) is 0 Å². The van der Waals surface area contributed by atoms with E-state index in [1.807, 2.05) is 12.1 Å². The monoisotopic (exact) mass is 287 g/mol. The van der Waals surface area contributed by atoms with Crippen molar-refractivity contribution in [2.45, 2.75) is 46.1 Å². The van der Waals surface area contributed by atoms with Gasteiger partial charge in [0, 0.05) is 6.04 Å². The van der Waals surface area contributed by atoms with Crippen molar-refractivity contribution in [1.29, 1.82) is 0 Å². The molecule has 1 rings (SSSR count). The molecule has 0 aromatic heterocycles. The molecule has 1 nitrogen and oxygen atoms in total. The first-order valence-corrected chi connectivity index (χ1v) is 7.53. The minimum atomic E-state index is 0.294. The Balaban J connectivity index is 2.86. The fourth-order valence-electron chi connectivity index (χ4n) is 2.37. The summed E-state index contributed by atoms with van der Waals surface area (Å²) in [5.74, 6) is 0.689. The quantitative estimate of drug-likeness (QED) is 0.701. The van der Waals surface area contributed by atoms with Crippen LogP contribution in [0.3, 0.4) is 0 Å². The molecule has 1 aromatic carbocycles. The molecule has 0 saturated carbocycles. The first kappa shape index (κ1) is 15.8. The van der Waals surface area contributed by atoms with Crippen molar-refractivity contribution in [3.05, 3.63) is 33.8 Å². The smallest absolute Gasteiger partial charge is 0.0640 e.